The van der Waals surface area contributed by atoms with Gasteiger partial charge >= 0.3 is 0 Å². The maximum Gasteiger partial charge on any atom is 0.189 e. The average molecular weight is 146 g/mol. The van der Waals surface area contributed by atoms with Gasteiger partial charge in [-0.05, 0) is 20.3 Å². The minimum Gasteiger partial charge on any atom is -0.384 e. The highest BCUT2D eigenvalue weighted by atomic mass is 16.5. The van der Waals surface area contributed by atoms with Crippen molar-refractivity contribution < 1.29 is 15.3 Å². The van der Waals surface area contributed by atoms with E-state index in [1.54, 1.807) is 0 Å². The lowest BCUT2D eigenvalue weighted by Crippen LogP contribution is -2.49. The van der Waals surface area contributed by atoms with Gasteiger partial charge in [0.25, 0.3) is 0 Å². The van der Waals surface area contributed by atoms with Crippen molar-refractivity contribution in [1.82, 2.24) is 0 Å². The second kappa shape index (κ2) is 2.70. The number of hydrogen-bond acceptors (Lipinski definition) is 3. The van der Waals surface area contributed by atoms with Crippen LogP contribution in [0.1, 0.15) is 20.3 Å². The third-order valence-electron chi connectivity index (χ3n) is 1.56. The summed E-state index contributed by atoms with van der Waals surface area (Å²) in [4.78, 5) is 0. The van der Waals surface area contributed by atoms with E-state index < -0.39 is 11.4 Å². The van der Waals surface area contributed by atoms with E-state index in [4.69, 9.17) is 10.2 Å². The molecule has 0 radical (unpaired) electrons. The Bertz CT molecular complexity index is 121. The molecular formula is C7H14O3. The molecule has 1 atom stereocenters. The molecule has 0 amide bonds. The fourth-order valence-electron chi connectivity index (χ4n) is 0.474. The Labute approximate surface area is 60.6 Å². The Hall–Kier alpha value is -0.380. The first-order valence-electron chi connectivity index (χ1n) is 3.09. The van der Waals surface area contributed by atoms with Gasteiger partial charge in [0.2, 0.25) is 0 Å². The molecule has 3 N–H and O–H groups in total. The molecule has 0 aromatic carbocycles. The number of rotatable bonds is 3. The first-order chi connectivity index (χ1) is 4.31. The van der Waals surface area contributed by atoms with Crippen LogP contribution in [0, 0.1) is 0 Å². The molecule has 0 aromatic heterocycles. The summed E-state index contributed by atoms with van der Waals surface area (Å²) in [6.45, 7) is 5.85. The van der Waals surface area contributed by atoms with Crippen LogP contribution in [0.2, 0.25) is 0 Å². The standard InChI is InChI=1S/C7H14O3/c1-4-5-6(2,8)7(3,9)10/h4,8-10H,1,5H2,2-3H3. The summed E-state index contributed by atoms with van der Waals surface area (Å²) >= 11 is 0. The van der Waals surface area contributed by atoms with Crippen LogP contribution in [0.15, 0.2) is 12.7 Å². The van der Waals surface area contributed by atoms with E-state index in [1.807, 2.05) is 0 Å². The quantitative estimate of drug-likeness (QED) is 0.388. The van der Waals surface area contributed by atoms with E-state index in [-0.39, 0.29) is 6.42 Å². The van der Waals surface area contributed by atoms with Crippen molar-refractivity contribution in [1.29, 1.82) is 0 Å². The summed E-state index contributed by atoms with van der Waals surface area (Å²) in [6, 6.07) is 0. The molecular weight excluding hydrogens is 132 g/mol. The van der Waals surface area contributed by atoms with Crippen LogP contribution in [-0.2, 0) is 0 Å². The lowest BCUT2D eigenvalue weighted by molar-refractivity contribution is -0.255. The van der Waals surface area contributed by atoms with E-state index >= 15 is 0 Å². The summed E-state index contributed by atoms with van der Waals surface area (Å²) in [5, 5.41) is 27.1. The molecule has 0 fully saturated rings. The van der Waals surface area contributed by atoms with Crippen molar-refractivity contribution in [2.45, 2.75) is 31.7 Å². The van der Waals surface area contributed by atoms with E-state index in [0.717, 1.165) is 6.92 Å². The van der Waals surface area contributed by atoms with Gasteiger partial charge in [-0.1, -0.05) is 6.08 Å². The molecule has 0 aliphatic heterocycles. The van der Waals surface area contributed by atoms with Gasteiger partial charge in [0.1, 0.15) is 5.60 Å². The highest BCUT2D eigenvalue weighted by molar-refractivity contribution is 4.90. The normalized spacial score (nSPS) is 18.1. The smallest absolute Gasteiger partial charge is 0.189 e. The zero-order chi connectivity index (χ0) is 8.41. The maximum absolute atomic E-state index is 9.28. The second-order valence-electron chi connectivity index (χ2n) is 2.79. The van der Waals surface area contributed by atoms with E-state index in [1.165, 1.54) is 13.0 Å². The summed E-state index contributed by atoms with van der Waals surface area (Å²) in [5.41, 5.74) is -1.52. The lowest BCUT2D eigenvalue weighted by atomic mass is 9.93. The van der Waals surface area contributed by atoms with Gasteiger partial charge in [0, 0.05) is 0 Å². The van der Waals surface area contributed by atoms with Crippen LogP contribution in [0.25, 0.3) is 0 Å². The molecule has 0 saturated heterocycles. The molecule has 0 aliphatic rings. The first kappa shape index (κ1) is 9.62. The van der Waals surface area contributed by atoms with Crippen molar-refractivity contribution in [3.63, 3.8) is 0 Å². The molecule has 0 bridgehead atoms. The highest BCUT2D eigenvalue weighted by Gasteiger charge is 2.38. The highest BCUT2D eigenvalue weighted by Crippen LogP contribution is 2.22. The third-order valence-corrected chi connectivity index (χ3v) is 1.56. The molecule has 3 heteroatoms. The molecule has 0 heterocycles. The topological polar surface area (TPSA) is 60.7 Å². The van der Waals surface area contributed by atoms with Crippen LogP contribution >= 0.6 is 0 Å². The summed E-state index contributed by atoms with van der Waals surface area (Å²) in [6.07, 6.45) is 1.58. The number of hydrogen-bond donors (Lipinski definition) is 3. The molecule has 0 spiro atoms. The fraction of sp³-hybridized carbons (Fsp3) is 0.714. The van der Waals surface area contributed by atoms with Crippen LogP contribution < -0.4 is 0 Å². The molecule has 0 aromatic rings. The van der Waals surface area contributed by atoms with Gasteiger partial charge in [0.05, 0.1) is 0 Å². The minimum atomic E-state index is -2.07. The predicted molar refractivity (Wildman–Crippen MR) is 38.3 cm³/mol. The minimum absolute atomic E-state index is 0.149. The Balaban J connectivity index is 4.23. The lowest BCUT2D eigenvalue weighted by Gasteiger charge is -2.32. The van der Waals surface area contributed by atoms with Crippen LogP contribution in [0.3, 0.4) is 0 Å². The SMILES string of the molecule is C=CCC(C)(O)C(C)(O)O. The van der Waals surface area contributed by atoms with Gasteiger partial charge in [-0.2, -0.15) is 0 Å². The molecule has 1 unspecified atom stereocenters. The number of aliphatic hydroxyl groups is 3. The Morgan fingerprint density at radius 1 is 1.30 bits per heavy atom. The zero-order valence-corrected chi connectivity index (χ0v) is 6.33. The van der Waals surface area contributed by atoms with E-state index in [9.17, 15) is 5.11 Å². The Kier molecular flexibility index (Phi) is 2.60. The van der Waals surface area contributed by atoms with Gasteiger partial charge in [0.15, 0.2) is 5.79 Å². The summed E-state index contributed by atoms with van der Waals surface area (Å²) in [7, 11) is 0. The van der Waals surface area contributed by atoms with Gasteiger partial charge in [-0.3, -0.25) is 0 Å². The van der Waals surface area contributed by atoms with Crippen LogP contribution in [-0.4, -0.2) is 26.7 Å². The summed E-state index contributed by atoms with van der Waals surface area (Å²) < 4.78 is 0. The molecule has 0 saturated carbocycles. The first-order valence-corrected chi connectivity index (χ1v) is 3.09. The predicted octanol–water partition coefficient (Wildman–Crippen LogP) is 0.0143. The molecule has 3 nitrogen and oxygen atoms in total. The molecule has 0 aliphatic carbocycles. The molecule has 0 rings (SSSR count). The van der Waals surface area contributed by atoms with Crippen molar-refractivity contribution >= 4 is 0 Å². The monoisotopic (exact) mass is 146 g/mol. The zero-order valence-electron chi connectivity index (χ0n) is 6.33. The average Bonchev–Trinajstić information content (AvgIpc) is 1.61. The third kappa shape index (κ3) is 2.10. The van der Waals surface area contributed by atoms with E-state index in [2.05, 4.69) is 6.58 Å². The fourth-order valence-corrected chi connectivity index (χ4v) is 0.474. The maximum atomic E-state index is 9.28. The largest absolute Gasteiger partial charge is 0.384 e. The van der Waals surface area contributed by atoms with Gasteiger partial charge in [-0.15, -0.1) is 6.58 Å². The van der Waals surface area contributed by atoms with Crippen LogP contribution in [0.5, 0.6) is 0 Å². The van der Waals surface area contributed by atoms with Crippen molar-refractivity contribution in [3.05, 3.63) is 12.7 Å². The van der Waals surface area contributed by atoms with Gasteiger partial charge < -0.3 is 15.3 Å². The van der Waals surface area contributed by atoms with E-state index in [0.29, 0.717) is 0 Å². The Morgan fingerprint density at radius 2 is 1.70 bits per heavy atom. The van der Waals surface area contributed by atoms with Crippen molar-refractivity contribution in [2.24, 2.45) is 0 Å². The molecule has 10 heavy (non-hydrogen) atoms. The Morgan fingerprint density at radius 3 is 1.80 bits per heavy atom. The van der Waals surface area contributed by atoms with Crippen LogP contribution in [0.4, 0.5) is 0 Å². The van der Waals surface area contributed by atoms with Crippen molar-refractivity contribution in [2.75, 3.05) is 0 Å². The van der Waals surface area contributed by atoms with Crippen molar-refractivity contribution in [3.8, 4) is 0 Å². The second-order valence-corrected chi connectivity index (χ2v) is 2.79. The molecule has 60 valence electrons. The van der Waals surface area contributed by atoms with Gasteiger partial charge in [-0.25, -0.2) is 0 Å². The summed E-state index contributed by atoms with van der Waals surface area (Å²) in [5.74, 6) is -2.07.